The summed E-state index contributed by atoms with van der Waals surface area (Å²) in [5.74, 6) is 1.27. The van der Waals surface area contributed by atoms with Crippen molar-refractivity contribution in [2.45, 2.75) is 19.4 Å². The van der Waals surface area contributed by atoms with Crippen LogP contribution in [0, 0.1) is 0 Å². The van der Waals surface area contributed by atoms with Gasteiger partial charge >= 0.3 is 0 Å². The van der Waals surface area contributed by atoms with Crippen LogP contribution in [0.4, 0.5) is 0 Å². The molecule has 0 aromatic carbocycles. The van der Waals surface area contributed by atoms with Gasteiger partial charge in [-0.2, -0.15) is 11.8 Å². The van der Waals surface area contributed by atoms with Crippen LogP contribution in [0.5, 0.6) is 0 Å². The molecular weight excluding hydrogens is 156 g/mol. The minimum atomic E-state index is 1.11. The molecule has 1 aromatic heterocycles. The highest BCUT2D eigenvalue weighted by Crippen LogP contribution is 2.00. The molecule has 0 aliphatic carbocycles. The molecule has 0 radical (unpaired) electrons. The van der Waals surface area contributed by atoms with Crippen LogP contribution in [-0.4, -0.2) is 21.6 Å². The molecule has 0 fully saturated rings. The van der Waals surface area contributed by atoms with E-state index in [1.165, 1.54) is 18.6 Å². The van der Waals surface area contributed by atoms with E-state index in [0.717, 1.165) is 6.54 Å². The third kappa shape index (κ3) is 3.46. The predicted octanol–water partition coefficient (Wildman–Crippen LogP) is 2.03. The quantitative estimate of drug-likeness (QED) is 0.629. The van der Waals surface area contributed by atoms with Crippen LogP contribution >= 0.6 is 11.8 Å². The predicted molar refractivity (Wildman–Crippen MR) is 49.8 cm³/mol. The van der Waals surface area contributed by atoms with Gasteiger partial charge in [0, 0.05) is 18.9 Å². The highest BCUT2D eigenvalue weighted by Gasteiger charge is 1.89. The molecular formula is C8H14N2S. The Morgan fingerprint density at radius 2 is 2.36 bits per heavy atom. The van der Waals surface area contributed by atoms with Crippen molar-refractivity contribution in [1.29, 1.82) is 0 Å². The lowest BCUT2D eigenvalue weighted by molar-refractivity contribution is 0.634. The van der Waals surface area contributed by atoms with Gasteiger partial charge in [-0.3, -0.25) is 0 Å². The standard InChI is InChI=1S/C8H14N2S/c1-11-7-3-2-5-10-6-4-9-8-10/h4,6,8H,2-3,5,7H2,1H3. The van der Waals surface area contributed by atoms with Crippen LogP contribution in [0.3, 0.4) is 0 Å². The monoisotopic (exact) mass is 170 g/mol. The van der Waals surface area contributed by atoms with E-state index in [-0.39, 0.29) is 0 Å². The van der Waals surface area contributed by atoms with Gasteiger partial charge in [0.05, 0.1) is 6.33 Å². The summed E-state index contributed by atoms with van der Waals surface area (Å²) in [4.78, 5) is 3.98. The molecule has 11 heavy (non-hydrogen) atoms. The fraction of sp³-hybridized carbons (Fsp3) is 0.625. The van der Waals surface area contributed by atoms with Crippen molar-refractivity contribution >= 4 is 11.8 Å². The summed E-state index contributed by atoms with van der Waals surface area (Å²) in [7, 11) is 0. The maximum Gasteiger partial charge on any atom is 0.0945 e. The first-order valence-corrected chi connectivity index (χ1v) is 5.27. The van der Waals surface area contributed by atoms with Crippen molar-refractivity contribution in [3.63, 3.8) is 0 Å². The van der Waals surface area contributed by atoms with Gasteiger partial charge in [-0.1, -0.05) is 0 Å². The molecule has 62 valence electrons. The highest BCUT2D eigenvalue weighted by atomic mass is 32.2. The van der Waals surface area contributed by atoms with Gasteiger partial charge in [0.1, 0.15) is 0 Å². The third-order valence-electron chi connectivity index (χ3n) is 1.57. The van der Waals surface area contributed by atoms with Gasteiger partial charge in [0.2, 0.25) is 0 Å². The molecule has 0 saturated heterocycles. The summed E-state index contributed by atoms with van der Waals surface area (Å²) in [5, 5.41) is 0. The number of nitrogens with zero attached hydrogens (tertiary/aromatic N) is 2. The first-order chi connectivity index (χ1) is 5.43. The summed E-state index contributed by atoms with van der Waals surface area (Å²) in [6.45, 7) is 1.11. The van der Waals surface area contributed by atoms with Crippen molar-refractivity contribution in [3.8, 4) is 0 Å². The Bertz CT molecular complexity index is 172. The fourth-order valence-corrected chi connectivity index (χ4v) is 1.45. The lowest BCUT2D eigenvalue weighted by Gasteiger charge is -1.99. The molecule has 1 aromatic rings. The normalized spacial score (nSPS) is 10.3. The molecule has 2 nitrogen and oxygen atoms in total. The Labute approximate surface area is 72.0 Å². The Morgan fingerprint density at radius 3 is 3.00 bits per heavy atom. The molecule has 0 bridgehead atoms. The van der Waals surface area contributed by atoms with Crippen LogP contribution in [0.1, 0.15) is 12.8 Å². The van der Waals surface area contributed by atoms with Crippen molar-refractivity contribution in [2.75, 3.05) is 12.0 Å². The molecule has 0 unspecified atom stereocenters. The number of aryl methyl sites for hydroxylation is 1. The fourth-order valence-electron chi connectivity index (χ4n) is 0.960. The van der Waals surface area contributed by atoms with Crippen LogP contribution < -0.4 is 0 Å². The van der Waals surface area contributed by atoms with E-state index in [0.29, 0.717) is 0 Å². The number of thioether (sulfide) groups is 1. The van der Waals surface area contributed by atoms with Gasteiger partial charge in [-0.05, 0) is 24.9 Å². The van der Waals surface area contributed by atoms with E-state index in [1.54, 1.807) is 0 Å². The van der Waals surface area contributed by atoms with Crippen molar-refractivity contribution in [3.05, 3.63) is 18.7 Å². The number of aromatic nitrogens is 2. The van der Waals surface area contributed by atoms with Gasteiger partial charge in [-0.15, -0.1) is 0 Å². The van der Waals surface area contributed by atoms with Crippen LogP contribution in [0.2, 0.25) is 0 Å². The van der Waals surface area contributed by atoms with Gasteiger partial charge < -0.3 is 4.57 Å². The lowest BCUT2D eigenvalue weighted by Crippen LogP contribution is -1.94. The Kier molecular flexibility index (Phi) is 4.12. The van der Waals surface area contributed by atoms with E-state index < -0.39 is 0 Å². The molecule has 1 rings (SSSR count). The highest BCUT2D eigenvalue weighted by molar-refractivity contribution is 7.98. The second-order valence-corrected chi connectivity index (χ2v) is 3.49. The number of rotatable bonds is 5. The number of hydrogen-bond donors (Lipinski definition) is 0. The largest absolute Gasteiger partial charge is 0.337 e. The topological polar surface area (TPSA) is 17.8 Å². The maximum atomic E-state index is 3.98. The minimum absolute atomic E-state index is 1.11. The lowest BCUT2D eigenvalue weighted by atomic mass is 10.3. The van der Waals surface area contributed by atoms with Gasteiger partial charge in [0.25, 0.3) is 0 Å². The molecule has 0 atom stereocenters. The number of imidazole rings is 1. The Morgan fingerprint density at radius 1 is 1.45 bits per heavy atom. The van der Waals surface area contributed by atoms with E-state index in [2.05, 4.69) is 15.8 Å². The summed E-state index contributed by atoms with van der Waals surface area (Å²) in [6.07, 6.45) is 10.4. The van der Waals surface area contributed by atoms with Gasteiger partial charge in [0.15, 0.2) is 0 Å². The molecule has 0 aliphatic rings. The zero-order chi connectivity index (χ0) is 7.94. The van der Waals surface area contributed by atoms with Gasteiger partial charge in [-0.25, -0.2) is 4.98 Å². The minimum Gasteiger partial charge on any atom is -0.337 e. The Hall–Kier alpha value is -0.440. The SMILES string of the molecule is CSCCCCn1ccnc1. The van der Waals surface area contributed by atoms with E-state index >= 15 is 0 Å². The molecule has 3 heteroatoms. The second-order valence-electron chi connectivity index (χ2n) is 2.50. The zero-order valence-corrected chi connectivity index (χ0v) is 7.68. The van der Waals surface area contributed by atoms with Crippen LogP contribution in [-0.2, 0) is 6.54 Å². The zero-order valence-electron chi connectivity index (χ0n) is 6.86. The average Bonchev–Trinajstić information content (AvgIpc) is 2.50. The molecule has 0 amide bonds. The smallest absolute Gasteiger partial charge is 0.0945 e. The number of unbranched alkanes of at least 4 members (excludes halogenated alkanes) is 1. The third-order valence-corrected chi connectivity index (χ3v) is 2.27. The summed E-state index contributed by atoms with van der Waals surface area (Å²) < 4.78 is 2.13. The van der Waals surface area contributed by atoms with Crippen LogP contribution in [0.25, 0.3) is 0 Å². The summed E-state index contributed by atoms with van der Waals surface area (Å²) >= 11 is 1.91. The Balaban J connectivity index is 2.04. The molecule has 0 saturated carbocycles. The van der Waals surface area contributed by atoms with E-state index in [1.807, 2.05) is 30.5 Å². The summed E-state index contributed by atoms with van der Waals surface area (Å²) in [5.41, 5.74) is 0. The summed E-state index contributed by atoms with van der Waals surface area (Å²) in [6, 6.07) is 0. The van der Waals surface area contributed by atoms with E-state index in [4.69, 9.17) is 0 Å². The maximum absolute atomic E-state index is 3.98. The number of hydrogen-bond acceptors (Lipinski definition) is 2. The second kappa shape index (κ2) is 5.24. The molecule has 0 N–H and O–H groups in total. The molecule has 0 aliphatic heterocycles. The van der Waals surface area contributed by atoms with Crippen LogP contribution in [0.15, 0.2) is 18.7 Å². The van der Waals surface area contributed by atoms with Crippen molar-refractivity contribution < 1.29 is 0 Å². The van der Waals surface area contributed by atoms with Crippen molar-refractivity contribution in [2.24, 2.45) is 0 Å². The van der Waals surface area contributed by atoms with Crippen molar-refractivity contribution in [1.82, 2.24) is 9.55 Å². The first-order valence-electron chi connectivity index (χ1n) is 3.88. The van der Waals surface area contributed by atoms with E-state index in [9.17, 15) is 0 Å². The molecule has 0 spiro atoms. The molecule has 1 heterocycles. The first kappa shape index (κ1) is 8.65. The average molecular weight is 170 g/mol.